The minimum absolute atomic E-state index is 0.0125. The van der Waals surface area contributed by atoms with Gasteiger partial charge in [0.15, 0.2) is 0 Å². The smallest absolute Gasteiger partial charge is 0.143 e. The van der Waals surface area contributed by atoms with Gasteiger partial charge in [0, 0.05) is 23.9 Å². The van der Waals surface area contributed by atoms with Crippen LogP contribution in [0.3, 0.4) is 0 Å². The molecule has 0 amide bonds. The van der Waals surface area contributed by atoms with E-state index in [4.69, 9.17) is 0 Å². The summed E-state index contributed by atoms with van der Waals surface area (Å²) in [7, 11) is 2.01. The van der Waals surface area contributed by atoms with Gasteiger partial charge in [-0.3, -0.25) is 4.98 Å². The van der Waals surface area contributed by atoms with Crippen molar-refractivity contribution in [1.29, 1.82) is 0 Å². The summed E-state index contributed by atoms with van der Waals surface area (Å²) in [5, 5.41) is 8.34. The van der Waals surface area contributed by atoms with Crippen LogP contribution in [0.25, 0.3) is 0 Å². The van der Waals surface area contributed by atoms with Crippen LogP contribution in [0.15, 0.2) is 29.3 Å². The van der Waals surface area contributed by atoms with E-state index in [1.165, 1.54) is 5.56 Å². The molecular weight excluding hydrogens is 292 g/mol. The molecule has 18 heavy (non-hydrogen) atoms. The summed E-state index contributed by atoms with van der Waals surface area (Å²) in [6.07, 6.45) is 7.75. The molecule has 1 saturated carbocycles. The first-order valence-electron chi connectivity index (χ1n) is 6.07. The Morgan fingerprint density at radius 2 is 2.17 bits per heavy atom. The summed E-state index contributed by atoms with van der Waals surface area (Å²) in [4.78, 5) is 4.29. The van der Waals surface area contributed by atoms with Gasteiger partial charge in [0.25, 0.3) is 0 Å². The van der Waals surface area contributed by atoms with Crippen LogP contribution in [-0.2, 0) is 12.5 Å². The largest absolute Gasteiger partial charge is 0.320 e. The number of pyridine rings is 1. The van der Waals surface area contributed by atoms with Gasteiger partial charge < -0.3 is 4.57 Å². The first-order valence-corrected chi connectivity index (χ1v) is 6.86. The van der Waals surface area contributed by atoms with Gasteiger partial charge in [-0.25, -0.2) is 0 Å². The lowest BCUT2D eigenvalue weighted by atomic mass is 9.59. The molecule has 1 aliphatic rings. The Kier molecular flexibility index (Phi) is 2.73. The monoisotopic (exact) mass is 306 g/mol. The molecule has 0 atom stereocenters. The predicted octanol–water partition coefficient (Wildman–Crippen LogP) is 2.69. The Morgan fingerprint density at radius 3 is 2.72 bits per heavy atom. The molecule has 1 fully saturated rings. The van der Waals surface area contributed by atoms with E-state index in [9.17, 15) is 0 Å². The van der Waals surface area contributed by atoms with E-state index in [1.54, 1.807) is 6.33 Å². The maximum Gasteiger partial charge on any atom is 0.143 e. The lowest BCUT2D eigenvalue weighted by Gasteiger charge is -2.45. The Morgan fingerprint density at radius 1 is 1.39 bits per heavy atom. The molecule has 2 heterocycles. The molecule has 0 radical (unpaired) electrons. The molecule has 0 N–H and O–H groups in total. The number of hydrogen-bond donors (Lipinski definition) is 0. The Hall–Kier alpha value is -1.23. The van der Waals surface area contributed by atoms with Crippen molar-refractivity contribution < 1.29 is 0 Å². The first-order chi connectivity index (χ1) is 8.62. The molecule has 1 aliphatic carbocycles. The van der Waals surface area contributed by atoms with Crippen LogP contribution < -0.4 is 0 Å². The Bertz CT molecular complexity index is 572. The third-order valence-corrected chi connectivity index (χ3v) is 4.22. The zero-order valence-corrected chi connectivity index (χ0v) is 12.1. The van der Waals surface area contributed by atoms with Crippen molar-refractivity contribution >= 4 is 15.9 Å². The van der Waals surface area contributed by atoms with Crippen molar-refractivity contribution in [2.24, 2.45) is 13.0 Å². The zero-order valence-electron chi connectivity index (χ0n) is 10.5. The molecular formula is C13H15BrN4. The highest BCUT2D eigenvalue weighted by Gasteiger charge is 2.48. The third-order valence-electron chi connectivity index (χ3n) is 3.79. The lowest BCUT2D eigenvalue weighted by Crippen LogP contribution is -2.43. The van der Waals surface area contributed by atoms with Crippen molar-refractivity contribution in [2.45, 2.75) is 25.2 Å². The molecule has 0 aliphatic heterocycles. The number of nitrogens with zero attached hydrogens (tertiary/aromatic N) is 4. The molecule has 5 heteroatoms. The van der Waals surface area contributed by atoms with E-state index in [-0.39, 0.29) is 5.41 Å². The zero-order chi connectivity index (χ0) is 12.8. The average Bonchev–Trinajstić information content (AvgIpc) is 2.71. The van der Waals surface area contributed by atoms with Gasteiger partial charge in [0.05, 0.1) is 5.41 Å². The van der Waals surface area contributed by atoms with Gasteiger partial charge in [-0.15, -0.1) is 10.2 Å². The van der Waals surface area contributed by atoms with Crippen LogP contribution in [0.5, 0.6) is 0 Å². The number of aryl methyl sites for hydroxylation is 1. The van der Waals surface area contributed by atoms with Crippen LogP contribution >= 0.6 is 15.9 Å². The molecule has 0 bridgehead atoms. The molecule has 0 saturated heterocycles. The molecule has 4 nitrogen and oxygen atoms in total. The highest BCUT2D eigenvalue weighted by molar-refractivity contribution is 9.10. The maximum atomic E-state index is 4.32. The summed E-state index contributed by atoms with van der Waals surface area (Å²) in [5.74, 6) is 1.76. The third kappa shape index (κ3) is 1.68. The fourth-order valence-corrected chi connectivity index (χ4v) is 3.43. The number of halogens is 1. The van der Waals surface area contributed by atoms with Gasteiger partial charge in [0.2, 0.25) is 0 Å². The van der Waals surface area contributed by atoms with E-state index >= 15 is 0 Å². The highest BCUT2D eigenvalue weighted by atomic mass is 79.9. The summed E-state index contributed by atoms with van der Waals surface area (Å²) in [5.41, 5.74) is 1.22. The van der Waals surface area contributed by atoms with E-state index in [2.05, 4.69) is 44.1 Å². The maximum absolute atomic E-state index is 4.32. The summed E-state index contributed by atoms with van der Waals surface area (Å²) < 4.78 is 3.04. The van der Waals surface area contributed by atoms with Crippen LogP contribution in [0.2, 0.25) is 0 Å². The standard InChI is InChI=1S/C13H15BrN4/c1-9-4-13(5-9,12-17-16-8-18(12)2)10-3-11(14)7-15-6-10/h3,6-9H,4-5H2,1-2H3. The Labute approximate surface area is 115 Å². The fourth-order valence-electron chi connectivity index (χ4n) is 3.07. The van der Waals surface area contributed by atoms with Crippen molar-refractivity contribution in [1.82, 2.24) is 19.7 Å². The molecule has 3 rings (SSSR count). The summed E-state index contributed by atoms with van der Waals surface area (Å²) >= 11 is 3.50. The normalized spacial score (nSPS) is 26.9. The van der Waals surface area contributed by atoms with E-state index in [0.717, 1.165) is 29.1 Å². The van der Waals surface area contributed by atoms with Crippen molar-refractivity contribution in [3.8, 4) is 0 Å². The molecule has 94 valence electrons. The van der Waals surface area contributed by atoms with Crippen LogP contribution in [0.4, 0.5) is 0 Å². The van der Waals surface area contributed by atoms with Gasteiger partial charge in [-0.1, -0.05) is 6.92 Å². The van der Waals surface area contributed by atoms with Gasteiger partial charge >= 0.3 is 0 Å². The second-order valence-corrected chi connectivity index (χ2v) is 6.17. The van der Waals surface area contributed by atoms with Crippen molar-refractivity contribution in [3.05, 3.63) is 40.6 Å². The highest BCUT2D eigenvalue weighted by Crippen LogP contribution is 2.51. The van der Waals surface area contributed by atoms with Crippen LogP contribution in [-0.4, -0.2) is 19.7 Å². The summed E-state index contributed by atoms with van der Waals surface area (Å²) in [6.45, 7) is 2.28. The molecule has 0 unspecified atom stereocenters. The van der Waals surface area contributed by atoms with Crippen LogP contribution in [0, 0.1) is 5.92 Å². The van der Waals surface area contributed by atoms with Gasteiger partial charge in [-0.2, -0.15) is 0 Å². The molecule has 2 aromatic heterocycles. The first kappa shape index (κ1) is 11.8. The van der Waals surface area contributed by atoms with E-state index in [1.807, 2.05) is 24.0 Å². The number of aromatic nitrogens is 4. The van der Waals surface area contributed by atoms with Gasteiger partial charge in [0.1, 0.15) is 12.2 Å². The fraction of sp³-hybridized carbons (Fsp3) is 0.462. The Balaban J connectivity index is 2.11. The minimum atomic E-state index is -0.0125. The average molecular weight is 307 g/mol. The minimum Gasteiger partial charge on any atom is -0.320 e. The number of hydrogen-bond acceptors (Lipinski definition) is 3. The quantitative estimate of drug-likeness (QED) is 0.857. The summed E-state index contributed by atoms with van der Waals surface area (Å²) in [6, 6.07) is 2.15. The van der Waals surface area contributed by atoms with E-state index < -0.39 is 0 Å². The van der Waals surface area contributed by atoms with Gasteiger partial charge in [-0.05, 0) is 46.3 Å². The van der Waals surface area contributed by atoms with Crippen molar-refractivity contribution in [3.63, 3.8) is 0 Å². The second-order valence-electron chi connectivity index (χ2n) is 5.25. The molecule has 2 aromatic rings. The van der Waals surface area contributed by atoms with Crippen LogP contribution in [0.1, 0.15) is 31.2 Å². The topological polar surface area (TPSA) is 43.6 Å². The second kappa shape index (κ2) is 4.16. The predicted molar refractivity (Wildman–Crippen MR) is 72.1 cm³/mol. The lowest BCUT2D eigenvalue weighted by molar-refractivity contribution is 0.185. The molecule has 0 spiro atoms. The number of rotatable bonds is 2. The van der Waals surface area contributed by atoms with Crippen molar-refractivity contribution in [2.75, 3.05) is 0 Å². The SMILES string of the molecule is CC1CC(c2cncc(Br)c2)(c2nncn2C)C1. The molecule has 0 aromatic carbocycles. The van der Waals surface area contributed by atoms with E-state index in [0.29, 0.717) is 0 Å².